The second kappa shape index (κ2) is 5.02. The van der Waals surface area contributed by atoms with Crippen LogP contribution >= 0.6 is 0 Å². The second-order valence-electron chi connectivity index (χ2n) is 5.18. The summed E-state index contributed by atoms with van der Waals surface area (Å²) in [5.74, 6) is -0.800. The lowest BCUT2D eigenvalue weighted by Crippen LogP contribution is -2.58. The van der Waals surface area contributed by atoms with Crippen molar-refractivity contribution in [3.63, 3.8) is 0 Å². The minimum atomic E-state index is -0.898. The third-order valence-corrected chi connectivity index (χ3v) is 3.17. The lowest BCUT2D eigenvalue weighted by Gasteiger charge is -2.50. The third kappa shape index (κ3) is 3.04. The van der Waals surface area contributed by atoms with Gasteiger partial charge in [0.05, 0.1) is 19.8 Å². The van der Waals surface area contributed by atoms with E-state index < -0.39 is 5.97 Å². The van der Waals surface area contributed by atoms with E-state index in [1.807, 2.05) is 0 Å². The van der Waals surface area contributed by atoms with Crippen LogP contribution in [0.3, 0.4) is 0 Å². The molecule has 3 aliphatic heterocycles. The van der Waals surface area contributed by atoms with Gasteiger partial charge in [-0.1, -0.05) is 6.92 Å². The van der Waals surface area contributed by atoms with E-state index in [0.717, 1.165) is 0 Å². The maximum atomic E-state index is 11.3. The third-order valence-electron chi connectivity index (χ3n) is 3.17. The zero-order chi connectivity index (χ0) is 12.4. The van der Waals surface area contributed by atoms with Gasteiger partial charge in [0.2, 0.25) is 0 Å². The van der Waals surface area contributed by atoms with E-state index in [4.69, 9.17) is 18.9 Å². The minimum absolute atomic E-state index is 0.00633. The topological polar surface area (TPSA) is 54.0 Å². The van der Waals surface area contributed by atoms with E-state index in [9.17, 15) is 4.79 Å². The zero-order valence-electron chi connectivity index (χ0n) is 10.5. The molecule has 17 heavy (non-hydrogen) atoms. The maximum Gasteiger partial charge on any atom is 0.282 e. The average molecular weight is 244 g/mol. The first-order valence-electron chi connectivity index (χ1n) is 6.00. The molecule has 0 saturated carbocycles. The molecule has 3 saturated heterocycles. The van der Waals surface area contributed by atoms with Gasteiger partial charge in [-0.25, -0.2) is 0 Å². The fraction of sp³-hybridized carbons (Fsp3) is 0.917. The van der Waals surface area contributed by atoms with Crippen molar-refractivity contribution in [3.8, 4) is 0 Å². The Morgan fingerprint density at radius 3 is 2.35 bits per heavy atom. The Kier molecular flexibility index (Phi) is 3.82. The number of hydrogen-bond acceptors (Lipinski definition) is 5. The normalized spacial score (nSPS) is 36.1. The van der Waals surface area contributed by atoms with Crippen LogP contribution in [-0.4, -0.2) is 45.3 Å². The molecular weight excluding hydrogens is 224 g/mol. The average Bonchev–Trinajstić information content (AvgIpc) is 2.32. The van der Waals surface area contributed by atoms with Crippen molar-refractivity contribution in [2.45, 2.75) is 32.2 Å². The Morgan fingerprint density at radius 2 is 1.82 bits per heavy atom. The molecule has 98 valence electrons. The number of Topliss-reactive ketones (excluding diaryl/α,β-unsaturated/α-hetero) is 1. The number of rotatable bonds is 6. The van der Waals surface area contributed by atoms with Crippen LogP contribution in [-0.2, 0) is 23.7 Å². The highest BCUT2D eigenvalue weighted by molar-refractivity contribution is 5.79. The molecular formula is C12H20O5. The van der Waals surface area contributed by atoms with Crippen molar-refractivity contribution in [1.29, 1.82) is 0 Å². The number of ketones is 1. The quantitative estimate of drug-likeness (QED) is 0.700. The fourth-order valence-corrected chi connectivity index (χ4v) is 2.05. The summed E-state index contributed by atoms with van der Waals surface area (Å²) in [4.78, 5) is 11.3. The van der Waals surface area contributed by atoms with E-state index in [-0.39, 0.29) is 17.8 Å². The molecule has 0 spiro atoms. The standard InChI is InChI=1S/C12H20O5/c1-11-7-15-12(16-8-11,17-9-11)5-3-4-10(13)6-14-2/h3-9H2,1-2H3. The van der Waals surface area contributed by atoms with Crippen LogP contribution in [0.25, 0.3) is 0 Å². The Labute approximate surface area is 101 Å². The molecule has 0 aromatic carbocycles. The van der Waals surface area contributed by atoms with Crippen LogP contribution in [0.4, 0.5) is 0 Å². The molecule has 0 aliphatic carbocycles. The van der Waals surface area contributed by atoms with Crippen LogP contribution in [0, 0.1) is 5.41 Å². The molecule has 5 heteroatoms. The van der Waals surface area contributed by atoms with Crippen molar-refractivity contribution in [3.05, 3.63) is 0 Å². The monoisotopic (exact) mass is 244 g/mol. The lowest BCUT2D eigenvalue weighted by atomic mass is 9.91. The van der Waals surface area contributed by atoms with E-state index in [0.29, 0.717) is 39.1 Å². The summed E-state index contributed by atoms with van der Waals surface area (Å²) < 4.78 is 21.6. The molecule has 0 atom stereocenters. The van der Waals surface area contributed by atoms with Gasteiger partial charge in [0.15, 0.2) is 5.78 Å². The summed E-state index contributed by atoms with van der Waals surface area (Å²) in [6.07, 6.45) is 1.76. The van der Waals surface area contributed by atoms with Crippen molar-refractivity contribution in [1.82, 2.24) is 0 Å². The van der Waals surface area contributed by atoms with Gasteiger partial charge in [-0.3, -0.25) is 4.79 Å². The smallest absolute Gasteiger partial charge is 0.282 e. The first-order valence-corrected chi connectivity index (χ1v) is 6.00. The van der Waals surface area contributed by atoms with Crippen molar-refractivity contribution >= 4 is 5.78 Å². The van der Waals surface area contributed by atoms with Crippen LogP contribution in [0.2, 0.25) is 0 Å². The van der Waals surface area contributed by atoms with E-state index in [1.54, 1.807) is 0 Å². The Morgan fingerprint density at radius 1 is 1.24 bits per heavy atom. The Hall–Kier alpha value is -0.490. The predicted molar refractivity (Wildman–Crippen MR) is 59.4 cm³/mol. The number of fused-ring (bicyclic) bond motifs is 3. The van der Waals surface area contributed by atoms with Crippen molar-refractivity contribution in [2.24, 2.45) is 5.41 Å². The molecule has 0 amide bonds. The number of ether oxygens (including phenoxy) is 4. The van der Waals surface area contributed by atoms with Crippen LogP contribution in [0.15, 0.2) is 0 Å². The van der Waals surface area contributed by atoms with Gasteiger partial charge >= 0.3 is 0 Å². The molecule has 3 aliphatic rings. The molecule has 0 aromatic heterocycles. The molecule has 3 rings (SSSR count). The first kappa shape index (κ1) is 13.0. The van der Waals surface area contributed by atoms with Crippen LogP contribution in [0.1, 0.15) is 26.2 Å². The summed E-state index contributed by atoms with van der Waals surface area (Å²) >= 11 is 0. The van der Waals surface area contributed by atoms with Crippen molar-refractivity contribution < 1.29 is 23.7 Å². The number of methoxy groups -OCH3 is 1. The molecule has 3 fully saturated rings. The molecule has 5 nitrogen and oxygen atoms in total. The summed E-state index contributed by atoms with van der Waals surface area (Å²) in [5, 5.41) is 0. The van der Waals surface area contributed by atoms with Crippen molar-refractivity contribution in [2.75, 3.05) is 33.5 Å². The highest BCUT2D eigenvalue weighted by Crippen LogP contribution is 2.40. The summed E-state index contributed by atoms with van der Waals surface area (Å²) in [7, 11) is 1.52. The Bertz CT molecular complexity index is 264. The maximum absolute atomic E-state index is 11.3. The van der Waals surface area contributed by atoms with Crippen LogP contribution < -0.4 is 0 Å². The summed E-state index contributed by atoms with van der Waals surface area (Å²) in [6, 6.07) is 0. The minimum Gasteiger partial charge on any atom is -0.377 e. The van der Waals surface area contributed by atoms with Gasteiger partial charge in [0.1, 0.15) is 6.61 Å². The molecule has 2 bridgehead atoms. The van der Waals surface area contributed by atoms with Gasteiger partial charge in [0.25, 0.3) is 5.97 Å². The Balaban J connectivity index is 1.74. The SMILES string of the molecule is COCC(=O)CCCC12OCC(C)(CO1)CO2. The van der Waals surface area contributed by atoms with Gasteiger partial charge < -0.3 is 18.9 Å². The second-order valence-corrected chi connectivity index (χ2v) is 5.18. The lowest BCUT2D eigenvalue weighted by molar-refractivity contribution is -0.467. The number of carbonyl (C=O) groups excluding carboxylic acids is 1. The van der Waals surface area contributed by atoms with Gasteiger partial charge in [0, 0.05) is 25.4 Å². The summed E-state index contributed by atoms with van der Waals surface area (Å²) in [6.45, 7) is 4.25. The molecule has 3 heterocycles. The number of carbonyl (C=O) groups is 1. The largest absolute Gasteiger partial charge is 0.377 e. The highest BCUT2D eigenvalue weighted by Gasteiger charge is 2.49. The van der Waals surface area contributed by atoms with Gasteiger partial charge in [-0.05, 0) is 6.42 Å². The highest BCUT2D eigenvalue weighted by atomic mass is 16.9. The zero-order valence-corrected chi connectivity index (χ0v) is 10.5. The number of hydrogen-bond donors (Lipinski definition) is 0. The molecule has 0 unspecified atom stereocenters. The predicted octanol–water partition coefficient (Wildman–Crippen LogP) is 1.11. The van der Waals surface area contributed by atoms with E-state index in [1.165, 1.54) is 7.11 Å². The first-order chi connectivity index (χ1) is 8.08. The van der Waals surface area contributed by atoms with E-state index in [2.05, 4.69) is 6.92 Å². The summed E-state index contributed by atoms with van der Waals surface area (Å²) in [5.41, 5.74) is -0.00633. The molecule has 0 radical (unpaired) electrons. The molecule has 0 aromatic rings. The molecule has 0 N–H and O–H groups in total. The van der Waals surface area contributed by atoms with E-state index >= 15 is 0 Å². The van der Waals surface area contributed by atoms with Gasteiger partial charge in [-0.2, -0.15) is 0 Å². The van der Waals surface area contributed by atoms with Gasteiger partial charge in [-0.15, -0.1) is 0 Å². The fourth-order valence-electron chi connectivity index (χ4n) is 2.05. The van der Waals surface area contributed by atoms with Crippen LogP contribution in [0.5, 0.6) is 0 Å².